The number of aryl methyl sites for hydroxylation is 2. The zero-order valence-corrected chi connectivity index (χ0v) is 13.2. The van der Waals surface area contributed by atoms with E-state index in [-0.39, 0.29) is 5.60 Å². The molecule has 1 atom stereocenters. The summed E-state index contributed by atoms with van der Waals surface area (Å²) in [6.45, 7) is 5.98. The standard InChI is InChI=1S/C14H22N4OS/c1-4-6-10-11-12(17(3)16-10)18(13(20)15-11)9-14(2)7-5-8-19-14/h4-9H2,1-3H3,(H,15,20). The van der Waals surface area contributed by atoms with Crippen molar-refractivity contribution in [3.8, 4) is 0 Å². The maximum atomic E-state index is 5.90. The summed E-state index contributed by atoms with van der Waals surface area (Å²) in [5, 5.41) is 4.62. The summed E-state index contributed by atoms with van der Waals surface area (Å²) >= 11 is 5.51. The second kappa shape index (κ2) is 5.00. The monoisotopic (exact) mass is 294 g/mol. The molecule has 1 aliphatic rings. The Labute approximate surface area is 123 Å². The lowest BCUT2D eigenvalue weighted by atomic mass is 10.0. The van der Waals surface area contributed by atoms with Gasteiger partial charge in [-0.25, -0.2) is 0 Å². The molecule has 0 spiro atoms. The third-order valence-corrected chi connectivity index (χ3v) is 4.42. The summed E-state index contributed by atoms with van der Waals surface area (Å²) in [6.07, 6.45) is 4.27. The molecule has 0 amide bonds. The zero-order valence-electron chi connectivity index (χ0n) is 12.4. The van der Waals surface area contributed by atoms with Gasteiger partial charge in [-0.15, -0.1) is 0 Å². The van der Waals surface area contributed by atoms with Crippen LogP contribution in [0.5, 0.6) is 0 Å². The number of H-pyrrole nitrogens is 1. The average molecular weight is 294 g/mol. The number of hydrogen-bond donors (Lipinski definition) is 1. The van der Waals surface area contributed by atoms with Crippen molar-refractivity contribution in [3.05, 3.63) is 10.5 Å². The van der Waals surface area contributed by atoms with Crippen LogP contribution in [0, 0.1) is 4.77 Å². The molecule has 2 aromatic rings. The van der Waals surface area contributed by atoms with Crippen LogP contribution in [0.15, 0.2) is 0 Å². The lowest BCUT2D eigenvalue weighted by molar-refractivity contribution is 0.00658. The van der Waals surface area contributed by atoms with Gasteiger partial charge < -0.3 is 9.72 Å². The first-order valence-electron chi connectivity index (χ1n) is 7.32. The van der Waals surface area contributed by atoms with E-state index in [1.807, 2.05) is 11.7 Å². The summed E-state index contributed by atoms with van der Waals surface area (Å²) in [5.41, 5.74) is 3.16. The largest absolute Gasteiger partial charge is 0.373 e. The molecule has 1 unspecified atom stereocenters. The summed E-state index contributed by atoms with van der Waals surface area (Å²) in [4.78, 5) is 3.33. The second-order valence-electron chi connectivity index (χ2n) is 5.94. The molecule has 3 heterocycles. The van der Waals surface area contributed by atoms with Crippen LogP contribution in [0.1, 0.15) is 38.8 Å². The van der Waals surface area contributed by atoms with Crippen LogP contribution in [0.25, 0.3) is 11.2 Å². The van der Waals surface area contributed by atoms with Crippen molar-refractivity contribution in [3.63, 3.8) is 0 Å². The molecular weight excluding hydrogens is 272 g/mol. The molecule has 0 saturated carbocycles. The molecule has 0 bridgehead atoms. The molecule has 20 heavy (non-hydrogen) atoms. The highest BCUT2D eigenvalue weighted by Crippen LogP contribution is 2.29. The predicted molar refractivity (Wildman–Crippen MR) is 81.5 cm³/mol. The van der Waals surface area contributed by atoms with Crippen molar-refractivity contribution in [1.82, 2.24) is 19.3 Å². The van der Waals surface area contributed by atoms with Gasteiger partial charge in [-0.05, 0) is 38.4 Å². The van der Waals surface area contributed by atoms with Gasteiger partial charge in [0.1, 0.15) is 5.52 Å². The Morgan fingerprint density at radius 1 is 1.50 bits per heavy atom. The van der Waals surface area contributed by atoms with E-state index < -0.39 is 0 Å². The maximum Gasteiger partial charge on any atom is 0.179 e. The smallest absolute Gasteiger partial charge is 0.179 e. The quantitative estimate of drug-likeness (QED) is 0.882. The minimum Gasteiger partial charge on any atom is -0.373 e. The van der Waals surface area contributed by atoms with Crippen molar-refractivity contribution in [2.75, 3.05) is 6.61 Å². The SMILES string of the molecule is CCCc1nn(C)c2c1[nH]c(=S)n2CC1(C)CCCO1. The van der Waals surface area contributed by atoms with Gasteiger partial charge in [0.15, 0.2) is 10.4 Å². The summed E-state index contributed by atoms with van der Waals surface area (Å²) in [6, 6.07) is 0. The number of aromatic nitrogens is 4. The third kappa shape index (κ3) is 2.20. The van der Waals surface area contributed by atoms with Gasteiger partial charge in [-0.3, -0.25) is 9.25 Å². The van der Waals surface area contributed by atoms with E-state index in [0.29, 0.717) is 0 Å². The average Bonchev–Trinajstić information content (AvgIpc) is 3.02. The van der Waals surface area contributed by atoms with Gasteiger partial charge in [0, 0.05) is 13.7 Å². The molecule has 0 radical (unpaired) electrons. The fourth-order valence-electron chi connectivity index (χ4n) is 3.13. The van der Waals surface area contributed by atoms with E-state index in [2.05, 4.69) is 28.5 Å². The first kappa shape index (κ1) is 13.8. The van der Waals surface area contributed by atoms with Crippen LogP contribution in [0.3, 0.4) is 0 Å². The molecule has 2 aromatic heterocycles. The van der Waals surface area contributed by atoms with Gasteiger partial charge in [0.2, 0.25) is 0 Å². The minimum absolute atomic E-state index is 0.109. The van der Waals surface area contributed by atoms with Gasteiger partial charge in [-0.2, -0.15) is 5.10 Å². The summed E-state index contributed by atoms with van der Waals surface area (Å²) < 4.78 is 10.7. The highest BCUT2D eigenvalue weighted by Gasteiger charge is 2.31. The molecule has 110 valence electrons. The zero-order chi connectivity index (χ0) is 14.3. The van der Waals surface area contributed by atoms with Gasteiger partial charge in [0.25, 0.3) is 0 Å². The summed E-state index contributed by atoms with van der Waals surface area (Å²) in [7, 11) is 1.98. The normalized spacial score (nSPS) is 22.9. The van der Waals surface area contributed by atoms with Crippen molar-refractivity contribution in [2.45, 2.75) is 51.7 Å². The summed E-state index contributed by atoms with van der Waals surface area (Å²) in [5.74, 6) is 0. The lowest BCUT2D eigenvalue weighted by Crippen LogP contribution is -2.29. The van der Waals surface area contributed by atoms with Crippen molar-refractivity contribution >= 4 is 23.4 Å². The number of fused-ring (bicyclic) bond motifs is 1. The van der Waals surface area contributed by atoms with Crippen molar-refractivity contribution in [2.24, 2.45) is 7.05 Å². The Morgan fingerprint density at radius 2 is 2.30 bits per heavy atom. The number of ether oxygens (including phenoxy) is 1. The van der Waals surface area contributed by atoms with Crippen LogP contribution in [0.2, 0.25) is 0 Å². The molecule has 0 aromatic carbocycles. The molecule has 0 aliphatic carbocycles. The van der Waals surface area contributed by atoms with Crippen molar-refractivity contribution in [1.29, 1.82) is 0 Å². The Bertz CT molecular complexity index is 675. The minimum atomic E-state index is -0.109. The highest BCUT2D eigenvalue weighted by molar-refractivity contribution is 7.71. The molecule has 3 rings (SSSR count). The van der Waals surface area contributed by atoms with Crippen LogP contribution < -0.4 is 0 Å². The highest BCUT2D eigenvalue weighted by atomic mass is 32.1. The second-order valence-corrected chi connectivity index (χ2v) is 6.32. The topological polar surface area (TPSA) is 47.8 Å². The number of hydrogen-bond acceptors (Lipinski definition) is 3. The molecule has 1 aliphatic heterocycles. The Hall–Kier alpha value is -1.14. The van der Waals surface area contributed by atoms with E-state index in [1.165, 1.54) is 0 Å². The van der Waals surface area contributed by atoms with Gasteiger partial charge in [0.05, 0.1) is 17.8 Å². The van der Waals surface area contributed by atoms with E-state index in [0.717, 1.165) is 60.5 Å². The molecule has 5 nitrogen and oxygen atoms in total. The predicted octanol–water partition coefficient (Wildman–Crippen LogP) is 2.95. The Morgan fingerprint density at radius 3 is 2.95 bits per heavy atom. The Balaban J connectivity index is 2.06. The van der Waals surface area contributed by atoms with Gasteiger partial charge >= 0.3 is 0 Å². The van der Waals surface area contributed by atoms with E-state index in [4.69, 9.17) is 17.0 Å². The first-order valence-corrected chi connectivity index (χ1v) is 7.73. The molecule has 6 heteroatoms. The molecule has 1 saturated heterocycles. The molecular formula is C14H22N4OS. The van der Waals surface area contributed by atoms with E-state index in [9.17, 15) is 0 Å². The Kier molecular flexibility index (Phi) is 3.46. The van der Waals surface area contributed by atoms with Gasteiger partial charge in [-0.1, -0.05) is 13.3 Å². The first-order chi connectivity index (χ1) is 9.54. The van der Waals surface area contributed by atoms with Crippen LogP contribution in [-0.2, 0) is 24.8 Å². The molecule has 1 N–H and O–H groups in total. The fraction of sp³-hybridized carbons (Fsp3) is 0.714. The van der Waals surface area contributed by atoms with Crippen molar-refractivity contribution < 1.29 is 4.74 Å². The number of nitrogens with zero attached hydrogens (tertiary/aromatic N) is 3. The number of imidazole rings is 1. The molecule has 1 fully saturated rings. The number of aromatic amines is 1. The third-order valence-electron chi connectivity index (χ3n) is 4.10. The van der Waals surface area contributed by atoms with Crippen LogP contribution >= 0.6 is 12.2 Å². The fourth-order valence-corrected chi connectivity index (χ4v) is 3.39. The van der Waals surface area contributed by atoms with Crippen LogP contribution in [0.4, 0.5) is 0 Å². The van der Waals surface area contributed by atoms with Crippen LogP contribution in [-0.4, -0.2) is 31.5 Å². The maximum absolute atomic E-state index is 5.90. The van der Waals surface area contributed by atoms with E-state index in [1.54, 1.807) is 0 Å². The van der Waals surface area contributed by atoms with E-state index >= 15 is 0 Å². The number of nitrogens with one attached hydrogen (secondary N) is 1. The number of rotatable bonds is 4. The lowest BCUT2D eigenvalue weighted by Gasteiger charge is -2.23.